The molecule has 0 aliphatic rings. The van der Waals surface area contributed by atoms with E-state index in [0.29, 0.717) is 22.0 Å². The molecule has 0 bridgehead atoms. The first kappa shape index (κ1) is 24.2. The first-order valence-corrected chi connectivity index (χ1v) is 12.5. The molecule has 3 aromatic carbocycles. The van der Waals surface area contributed by atoms with Crippen LogP contribution in [0.3, 0.4) is 0 Å². The van der Waals surface area contributed by atoms with E-state index in [-0.39, 0.29) is 10.6 Å². The van der Waals surface area contributed by atoms with E-state index in [9.17, 15) is 18.0 Å². The van der Waals surface area contributed by atoms with Gasteiger partial charge in [0.1, 0.15) is 11.3 Å². The summed E-state index contributed by atoms with van der Waals surface area (Å²) in [7, 11) is -4.03. The van der Waals surface area contributed by atoms with Gasteiger partial charge in [0.15, 0.2) is 0 Å². The third kappa shape index (κ3) is 5.25. The summed E-state index contributed by atoms with van der Waals surface area (Å²) in [5.41, 5.74) is 0.736. The first-order valence-electron chi connectivity index (χ1n) is 11.0. The highest BCUT2D eigenvalue weighted by Crippen LogP contribution is 2.27. The van der Waals surface area contributed by atoms with Crippen LogP contribution < -0.4 is 0 Å². The molecule has 4 rings (SSSR count). The molecule has 7 heteroatoms. The molecule has 0 spiro atoms. The normalized spacial score (nSPS) is 12.2. The zero-order chi connectivity index (χ0) is 25.2. The van der Waals surface area contributed by atoms with Crippen molar-refractivity contribution < 1.29 is 22.7 Å². The van der Waals surface area contributed by atoms with Crippen LogP contribution in [0.25, 0.3) is 17.0 Å². The largest absolute Gasteiger partial charge is 0.457 e. The van der Waals surface area contributed by atoms with E-state index >= 15 is 0 Å². The van der Waals surface area contributed by atoms with Crippen molar-refractivity contribution >= 4 is 38.8 Å². The van der Waals surface area contributed by atoms with E-state index in [1.54, 1.807) is 99.6 Å². The van der Waals surface area contributed by atoms with Crippen LogP contribution >= 0.6 is 0 Å². The molecule has 0 aliphatic carbocycles. The van der Waals surface area contributed by atoms with Gasteiger partial charge in [-0.3, -0.25) is 4.79 Å². The minimum Gasteiger partial charge on any atom is -0.457 e. The van der Waals surface area contributed by atoms with E-state index in [1.165, 1.54) is 18.2 Å². The molecule has 1 heterocycles. The molecular weight excluding hydrogens is 462 g/mol. The second-order valence-electron chi connectivity index (χ2n) is 8.99. The molecule has 178 valence electrons. The Bertz CT molecular complexity index is 1540. The molecule has 0 atom stereocenters. The molecule has 0 amide bonds. The molecule has 0 fully saturated rings. The molecule has 6 nitrogen and oxygen atoms in total. The van der Waals surface area contributed by atoms with Crippen LogP contribution in [0.15, 0.2) is 95.9 Å². The number of aromatic nitrogens is 1. The van der Waals surface area contributed by atoms with Crippen molar-refractivity contribution in [3.05, 3.63) is 108 Å². The summed E-state index contributed by atoms with van der Waals surface area (Å²) in [6.07, 6.45) is 2.85. The van der Waals surface area contributed by atoms with Gasteiger partial charge in [-0.2, -0.15) is 0 Å². The topological polar surface area (TPSA) is 82.4 Å². The first-order chi connectivity index (χ1) is 16.6. The smallest absolute Gasteiger partial charge is 0.331 e. The molecule has 1 aromatic heterocycles. The monoisotopic (exact) mass is 487 g/mol. The lowest BCUT2D eigenvalue weighted by Gasteiger charge is -2.17. The maximum atomic E-state index is 13.6. The molecule has 0 saturated carbocycles. The van der Waals surface area contributed by atoms with Crippen molar-refractivity contribution in [3.63, 3.8) is 0 Å². The zero-order valence-corrected chi connectivity index (χ0v) is 20.5. The number of nitrogens with zero attached hydrogens (tertiary/aromatic N) is 1. The fraction of sp³-hybridized carbons (Fsp3) is 0.143. The average Bonchev–Trinajstić information content (AvgIpc) is 3.22. The summed E-state index contributed by atoms with van der Waals surface area (Å²) < 4.78 is 33.5. The summed E-state index contributed by atoms with van der Waals surface area (Å²) in [5.74, 6) is -0.948. The van der Waals surface area contributed by atoms with E-state index in [1.807, 2.05) is 0 Å². The van der Waals surface area contributed by atoms with Gasteiger partial charge in [-0.15, -0.1) is 0 Å². The summed E-state index contributed by atoms with van der Waals surface area (Å²) in [4.78, 5) is 25.7. The van der Waals surface area contributed by atoms with Crippen LogP contribution in [0, 0.1) is 0 Å². The lowest BCUT2D eigenvalue weighted by molar-refractivity contribution is -0.148. The highest BCUT2D eigenvalue weighted by Gasteiger charge is 2.27. The molecule has 0 radical (unpaired) electrons. The number of para-hydroxylation sites is 1. The quantitative estimate of drug-likeness (QED) is 0.205. The van der Waals surface area contributed by atoms with Gasteiger partial charge in [0.25, 0.3) is 10.0 Å². The minimum atomic E-state index is -4.03. The Kier molecular flexibility index (Phi) is 6.45. The number of ether oxygens (including phenoxy) is 1. The number of rotatable bonds is 6. The highest BCUT2D eigenvalue weighted by atomic mass is 32.2. The van der Waals surface area contributed by atoms with Crippen LogP contribution in [0.1, 0.15) is 42.4 Å². The van der Waals surface area contributed by atoms with Crippen LogP contribution in [-0.2, 0) is 19.6 Å². The van der Waals surface area contributed by atoms with Gasteiger partial charge in [0, 0.05) is 17.0 Å². The van der Waals surface area contributed by atoms with Crippen LogP contribution in [0.5, 0.6) is 0 Å². The predicted molar refractivity (Wildman–Crippen MR) is 136 cm³/mol. The number of benzene rings is 3. The van der Waals surface area contributed by atoms with Crippen molar-refractivity contribution in [1.29, 1.82) is 0 Å². The molecule has 0 saturated heterocycles. The van der Waals surface area contributed by atoms with Crippen LogP contribution in [0.4, 0.5) is 0 Å². The number of fused-ring (bicyclic) bond motifs is 1. The van der Waals surface area contributed by atoms with Gasteiger partial charge in [-0.25, -0.2) is 17.2 Å². The Morgan fingerprint density at radius 2 is 1.54 bits per heavy atom. The van der Waals surface area contributed by atoms with Gasteiger partial charge in [-0.1, -0.05) is 54.6 Å². The Labute approximate surface area is 204 Å². The van der Waals surface area contributed by atoms with Crippen LogP contribution in [0.2, 0.25) is 0 Å². The molecule has 0 aliphatic heterocycles. The highest BCUT2D eigenvalue weighted by molar-refractivity contribution is 7.90. The second kappa shape index (κ2) is 9.35. The van der Waals surface area contributed by atoms with Gasteiger partial charge < -0.3 is 4.74 Å². The summed E-state index contributed by atoms with van der Waals surface area (Å²) in [6.45, 7) is 5.34. The van der Waals surface area contributed by atoms with Crippen molar-refractivity contribution in [2.24, 2.45) is 0 Å². The second-order valence-corrected chi connectivity index (χ2v) is 10.8. The molecule has 0 N–H and O–H groups in total. The average molecular weight is 488 g/mol. The maximum absolute atomic E-state index is 13.6. The van der Waals surface area contributed by atoms with E-state index < -0.39 is 27.4 Å². The van der Waals surface area contributed by atoms with E-state index in [0.717, 1.165) is 3.97 Å². The number of esters is 1. The van der Waals surface area contributed by atoms with E-state index in [2.05, 4.69) is 0 Å². The summed E-state index contributed by atoms with van der Waals surface area (Å²) in [5, 5.41) is 0.635. The fourth-order valence-electron chi connectivity index (χ4n) is 3.68. The Morgan fingerprint density at radius 1 is 0.857 bits per heavy atom. The van der Waals surface area contributed by atoms with Crippen molar-refractivity contribution in [2.75, 3.05) is 0 Å². The van der Waals surface area contributed by atoms with E-state index in [4.69, 9.17) is 4.74 Å². The minimum absolute atomic E-state index is 0.0309. The van der Waals surface area contributed by atoms with Crippen molar-refractivity contribution in [1.82, 2.24) is 3.97 Å². The van der Waals surface area contributed by atoms with Crippen molar-refractivity contribution in [2.45, 2.75) is 31.3 Å². The number of hydrogen-bond acceptors (Lipinski definition) is 5. The third-order valence-electron chi connectivity index (χ3n) is 5.15. The number of carbonyl (C=O) groups excluding carboxylic acids is 2. The summed E-state index contributed by atoms with van der Waals surface area (Å²) >= 11 is 0. The Hall–Kier alpha value is -3.97. The third-order valence-corrected chi connectivity index (χ3v) is 6.89. The summed E-state index contributed by atoms with van der Waals surface area (Å²) in [6, 6.07) is 23.2. The lowest BCUT2D eigenvalue weighted by Crippen LogP contribution is -2.22. The standard InChI is InChI=1S/C28H25NO5S/c1-28(2,3)34-26(30)17-16-20-10-9-12-22(18-20)27(31)25-19-21-11-7-8-15-24(21)29(25)35(32,33)23-13-5-4-6-14-23/h4-19H,1-3H3/b17-16+. The molecule has 35 heavy (non-hydrogen) atoms. The molecule has 0 unspecified atom stereocenters. The Morgan fingerprint density at radius 3 is 2.26 bits per heavy atom. The number of hydrogen-bond donors (Lipinski definition) is 0. The molecular formula is C28H25NO5S. The number of carbonyl (C=O) groups is 2. The van der Waals surface area contributed by atoms with Gasteiger partial charge >= 0.3 is 5.97 Å². The lowest BCUT2D eigenvalue weighted by atomic mass is 10.0. The SMILES string of the molecule is CC(C)(C)OC(=O)/C=C/c1cccc(C(=O)c2cc3ccccc3n2S(=O)(=O)c2ccccc2)c1. The zero-order valence-electron chi connectivity index (χ0n) is 19.6. The van der Waals surface area contributed by atoms with Crippen molar-refractivity contribution in [3.8, 4) is 0 Å². The van der Waals surface area contributed by atoms with Gasteiger partial charge in [0.05, 0.1) is 10.4 Å². The predicted octanol–water partition coefficient (Wildman–Crippen LogP) is 5.46. The maximum Gasteiger partial charge on any atom is 0.331 e. The number of ketones is 1. The van der Waals surface area contributed by atoms with Crippen LogP contribution in [-0.4, -0.2) is 29.7 Å². The Balaban J connectivity index is 1.76. The van der Waals surface area contributed by atoms with Gasteiger partial charge in [-0.05, 0) is 62.7 Å². The molecule has 4 aromatic rings. The fourth-order valence-corrected chi connectivity index (χ4v) is 5.21. The van der Waals surface area contributed by atoms with Gasteiger partial charge in [0.2, 0.25) is 5.78 Å².